The Bertz CT molecular complexity index is 1010. The summed E-state index contributed by atoms with van der Waals surface area (Å²) in [6.45, 7) is 1.06. The number of benzene rings is 1. The summed E-state index contributed by atoms with van der Waals surface area (Å²) in [5.41, 5.74) is 0.928. The molecule has 1 unspecified atom stereocenters. The van der Waals surface area contributed by atoms with Crippen LogP contribution in [0, 0.1) is 5.92 Å². The zero-order valence-corrected chi connectivity index (χ0v) is 16.9. The van der Waals surface area contributed by atoms with E-state index < -0.39 is 10.0 Å². The number of nitrogens with zero attached hydrogens (tertiary/aromatic N) is 2. The highest BCUT2D eigenvalue weighted by atomic mass is 32.2. The quantitative estimate of drug-likeness (QED) is 0.687. The summed E-state index contributed by atoms with van der Waals surface area (Å²) in [4.78, 5) is 17.1. The van der Waals surface area contributed by atoms with Crippen molar-refractivity contribution in [2.24, 2.45) is 5.92 Å². The van der Waals surface area contributed by atoms with Crippen LogP contribution >= 0.6 is 22.7 Å². The zero-order chi connectivity index (χ0) is 18.9. The molecule has 1 aliphatic rings. The van der Waals surface area contributed by atoms with E-state index in [1.807, 2.05) is 24.3 Å². The third-order valence-corrected chi connectivity index (χ3v) is 8.87. The molecule has 1 aliphatic heterocycles. The number of hydrogen-bond acceptors (Lipinski definition) is 6. The van der Waals surface area contributed by atoms with Gasteiger partial charge in [-0.2, -0.15) is 4.31 Å². The average molecular weight is 422 g/mol. The van der Waals surface area contributed by atoms with E-state index in [0.29, 0.717) is 30.1 Å². The van der Waals surface area contributed by atoms with Crippen molar-refractivity contribution in [1.29, 1.82) is 0 Å². The summed E-state index contributed by atoms with van der Waals surface area (Å²) in [6, 6.07) is 11.2. The Kier molecular flexibility index (Phi) is 5.27. The maximum atomic E-state index is 12.7. The highest BCUT2D eigenvalue weighted by Gasteiger charge is 2.33. The van der Waals surface area contributed by atoms with Gasteiger partial charge in [0.05, 0.1) is 22.7 Å². The number of carbonyl (C=O) groups excluding carboxylic acids is 1. The van der Waals surface area contributed by atoms with Crippen LogP contribution < -0.4 is 5.32 Å². The lowest BCUT2D eigenvalue weighted by atomic mass is 9.99. The second kappa shape index (κ2) is 7.67. The number of para-hydroxylation sites is 1. The van der Waals surface area contributed by atoms with Gasteiger partial charge in [0.2, 0.25) is 5.91 Å². The lowest BCUT2D eigenvalue weighted by Crippen LogP contribution is -2.45. The van der Waals surface area contributed by atoms with Crippen molar-refractivity contribution >= 4 is 48.8 Å². The normalized spacial score (nSPS) is 18.6. The van der Waals surface area contributed by atoms with E-state index in [1.165, 1.54) is 15.6 Å². The van der Waals surface area contributed by atoms with E-state index in [4.69, 9.17) is 0 Å². The molecule has 0 aliphatic carbocycles. The maximum Gasteiger partial charge on any atom is 0.252 e. The number of nitrogens with one attached hydrogen (secondary N) is 1. The molecule has 9 heteroatoms. The van der Waals surface area contributed by atoms with Gasteiger partial charge in [0.1, 0.15) is 9.22 Å². The van der Waals surface area contributed by atoms with Crippen LogP contribution in [-0.2, 0) is 21.4 Å². The number of sulfonamides is 1. The Morgan fingerprint density at radius 1 is 1.26 bits per heavy atom. The van der Waals surface area contributed by atoms with Gasteiger partial charge in [-0.15, -0.1) is 22.7 Å². The summed E-state index contributed by atoms with van der Waals surface area (Å²) in [5, 5.41) is 5.53. The number of amides is 1. The van der Waals surface area contributed by atoms with E-state index in [1.54, 1.807) is 28.8 Å². The number of rotatable bonds is 5. The molecule has 0 bridgehead atoms. The highest BCUT2D eigenvalue weighted by molar-refractivity contribution is 7.91. The Labute approximate surface area is 165 Å². The first kappa shape index (κ1) is 18.5. The van der Waals surface area contributed by atoms with Crippen LogP contribution in [0.1, 0.15) is 17.8 Å². The molecule has 0 spiro atoms. The molecule has 1 atom stereocenters. The number of carbonyl (C=O) groups is 1. The first-order valence-corrected chi connectivity index (χ1v) is 11.8. The monoisotopic (exact) mass is 421 g/mol. The van der Waals surface area contributed by atoms with Gasteiger partial charge < -0.3 is 5.32 Å². The lowest BCUT2D eigenvalue weighted by Gasteiger charge is -2.30. The first-order chi connectivity index (χ1) is 13.0. The fourth-order valence-corrected chi connectivity index (χ4v) is 6.79. The number of thiophene rings is 1. The fraction of sp³-hybridized carbons (Fsp3) is 0.333. The number of aromatic nitrogens is 1. The molecular formula is C18H19N3O3S3. The second-order valence-corrected chi connectivity index (χ2v) is 10.7. The van der Waals surface area contributed by atoms with Gasteiger partial charge in [-0.05, 0) is 36.4 Å². The predicted molar refractivity (Wildman–Crippen MR) is 107 cm³/mol. The van der Waals surface area contributed by atoms with Crippen molar-refractivity contribution < 1.29 is 13.2 Å². The Morgan fingerprint density at radius 3 is 2.89 bits per heavy atom. The Balaban J connectivity index is 1.40. The SMILES string of the molecule is O=C(NCc1nc2ccccc2s1)C1CCCN(S(=O)(=O)c2cccs2)C1. The second-order valence-electron chi connectivity index (χ2n) is 6.43. The molecule has 1 N–H and O–H groups in total. The van der Waals surface area contributed by atoms with Crippen LogP contribution in [0.2, 0.25) is 0 Å². The standard InChI is InChI=1S/C18H19N3O3S3/c22-18(19-11-16-20-14-6-1-2-7-15(14)26-16)13-5-3-9-21(12-13)27(23,24)17-8-4-10-25-17/h1-2,4,6-8,10,13H,3,5,9,11-12H2,(H,19,22). The van der Waals surface area contributed by atoms with Gasteiger partial charge >= 0.3 is 0 Å². The van der Waals surface area contributed by atoms with Crippen molar-refractivity contribution in [3.05, 3.63) is 46.8 Å². The van der Waals surface area contributed by atoms with Crippen LogP contribution in [-0.4, -0.2) is 36.7 Å². The molecule has 0 saturated carbocycles. The maximum absolute atomic E-state index is 12.7. The summed E-state index contributed by atoms with van der Waals surface area (Å²) in [7, 11) is -3.51. The minimum absolute atomic E-state index is 0.111. The van der Waals surface area contributed by atoms with Crippen LogP contribution in [0.4, 0.5) is 0 Å². The molecule has 1 saturated heterocycles. The molecule has 1 aromatic carbocycles. The van der Waals surface area contributed by atoms with E-state index in [0.717, 1.165) is 15.2 Å². The minimum Gasteiger partial charge on any atom is -0.349 e. The molecule has 142 valence electrons. The number of fused-ring (bicyclic) bond motifs is 1. The van der Waals surface area contributed by atoms with Crippen molar-refractivity contribution in [2.45, 2.75) is 23.6 Å². The average Bonchev–Trinajstić information content (AvgIpc) is 3.36. The molecule has 2 aromatic heterocycles. The molecule has 0 radical (unpaired) electrons. The molecule has 3 heterocycles. The Hall–Kier alpha value is -1.81. The van der Waals surface area contributed by atoms with Gasteiger partial charge in [0, 0.05) is 13.1 Å². The van der Waals surface area contributed by atoms with Gasteiger partial charge in [0.15, 0.2) is 0 Å². The van der Waals surface area contributed by atoms with Crippen LogP contribution in [0.15, 0.2) is 46.0 Å². The Morgan fingerprint density at radius 2 is 2.11 bits per heavy atom. The minimum atomic E-state index is -3.51. The lowest BCUT2D eigenvalue weighted by molar-refractivity contribution is -0.126. The number of piperidine rings is 1. The van der Waals surface area contributed by atoms with Gasteiger partial charge in [-0.1, -0.05) is 18.2 Å². The first-order valence-electron chi connectivity index (χ1n) is 8.70. The summed E-state index contributed by atoms with van der Waals surface area (Å²) in [6.07, 6.45) is 1.38. The molecular weight excluding hydrogens is 402 g/mol. The van der Waals surface area contributed by atoms with Crippen molar-refractivity contribution in [2.75, 3.05) is 13.1 Å². The molecule has 1 amide bonds. The summed E-state index contributed by atoms with van der Waals surface area (Å²) in [5.74, 6) is -0.441. The topological polar surface area (TPSA) is 79.4 Å². The van der Waals surface area contributed by atoms with Gasteiger partial charge in [-0.25, -0.2) is 13.4 Å². The largest absolute Gasteiger partial charge is 0.349 e. The summed E-state index contributed by atoms with van der Waals surface area (Å²) < 4.78 is 28.2. The fourth-order valence-electron chi connectivity index (χ4n) is 3.21. The number of hydrogen-bond donors (Lipinski definition) is 1. The number of thiazole rings is 1. The van der Waals surface area contributed by atoms with E-state index >= 15 is 0 Å². The predicted octanol–water partition coefficient (Wildman–Crippen LogP) is 3.07. The molecule has 3 aromatic rings. The van der Waals surface area contributed by atoms with Gasteiger partial charge in [-0.3, -0.25) is 4.79 Å². The molecule has 4 rings (SSSR count). The van der Waals surface area contributed by atoms with E-state index in [9.17, 15) is 13.2 Å². The van der Waals surface area contributed by atoms with Crippen molar-refractivity contribution in [3.63, 3.8) is 0 Å². The molecule has 1 fully saturated rings. The van der Waals surface area contributed by atoms with Crippen molar-refractivity contribution in [1.82, 2.24) is 14.6 Å². The third-order valence-electron chi connectivity index (χ3n) is 4.60. The van der Waals surface area contributed by atoms with Crippen LogP contribution in [0.25, 0.3) is 10.2 Å². The van der Waals surface area contributed by atoms with E-state index in [-0.39, 0.29) is 18.4 Å². The van der Waals surface area contributed by atoms with E-state index in [2.05, 4.69) is 10.3 Å². The molecule has 27 heavy (non-hydrogen) atoms. The van der Waals surface area contributed by atoms with Crippen molar-refractivity contribution in [3.8, 4) is 0 Å². The third kappa shape index (κ3) is 3.91. The van der Waals surface area contributed by atoms with Crippen LogP contribution in [0.5, 0.6) is 0 Å². The zero-order valence-electron chi connectivity index (χ0n) is 14.5. The highest BCUT2D eigenvalue weighted by Crippen LogP contribution is 2.27. The van der Waals surface area contributed by atoms with Gasteiger partial charge in [0.25, 0.3) is 10.0 Å². The van der Waals surface area contributed by atoms with Crippen LogP contribution in [0.3, 0.4) is 0 Å². The molecule has 6 nitrogen and oxygen atoms in total. The summed E-state index contributed by atoms with van der Waals surface area (Å²) >= 11 is 2.76. The smallest absolute Gasteiger partial charge is 0.252 e.